The maximum absolute atomic E-state index is 10.6. The van der Waals surface area contributed by atoms with Crippen LogP contribution in [0.1, 0.15) is 11.4 Å². The minimum atomic E-state index is -0.585. The lowest BCUT2D eigenvalue weighted by Gasteiger charge is -2.04. The molecule has 0 bridgehead atoms. The van der Waals surface area contributed by atoms with Gasteiger partial charge in [-0.3, -0.25) is 15.2 Å². The van der Waals surface area contributed by atoms with Crippen molar-refractivity contribution in [3.8, 4) is 6.07 Å². The van der Waals surface area contributed by atoms with Crippen LogP contribution in [-0.2, 0) is 6.54 Å². The summed E-state index contributed by atoms with van der Waals surface area (Å²) in [4.78, 5) is 14.0. The topological polar surface area (TPSA) is 121 Å². The van der Waals surface area contributed by atoms with E-state index in [2.05, 4.69) is 20.5 Å². The number of hydrogen-bond donors (Lipinski definition) is 2. The first-order valence-corrected chi connectivity index (χ1v) is 4.97. The summed E-state index contributed by atoms with van der Waals surface area (Å²) in [6.45, 7) is 0.392. The zero-order valence-electron chi connectivity index (χ0n) is 9.12. The van der Waals surface area contributed by atoms with E-state index >= 15 is 0 Å². The maximum Gasteiger partial charge on any atom is 0.287 e. The second-order valence-corrected chi connectivity index (χ2v) is 3.39. The van der Waals surface area contributed by atoms with Crippen molar-refractivity contribution in [2.24, 2.45) is 0 Å². The minimum absolute atomic E-state index is 0.0163. The molecule has 0 aliphatic heterocycles. The van der Waals surface area contributed by atoms with Crippen molar-refractivity contribution < 1.29 is 4.92 Å². The molecule has 0 amide bonds. The summed E-state index contributed by atoms with van der Waals surface area (Å²) >= 11 is 0. The van der Waals surface area contributed by atoms with Crippen LogP contribution in [0.5, 0.6) is 0 Å². The molecule has 2 aromatic rings. The third-order valence-corrected chi connectivity index (χ3v) is 2.24. The zero-order valence-corrected chi connectivity index (χ0v) is 9.12. The zero-order chi connectivity index (χ0) is 13.0. The Hall–Kier alpha value is -2.95. The average molecular weight is 244 g/mol. The van der Waals surface area contributed by atoms with E-state index in [1.807, 2.05) is 0 Å². The van der Waals surface area contributed by atoms with Gasteiger partial charge < -0.3 is 5.32 Å². The molecule has 0 radical (unpaired) electrons. The maximum atomic E-state index is 10.6. The van der Waals surface area contributed by atoms with E-state index in [0.29, 0.717) is 18.1 Å². The third-order valence-electron chi connectivity index (χ3n) is 2.24. The van der Waals surface area contributed by atoms with Crippen molar-refractivity contribution in [2.45, 2.75) is 6.54 Å². The SMILES string of the molecule is N#Cc1cc(NCc2ncn[nH]2)ccc1[N+](=O)[O-]. The molecule has 18 heavy (non-hydrogen) atoms. The first kappa shape index (κ1) is 11.5. The van der Waals surface area contributed by atoms with Crippen molar-refractivity contribution in [1.29, 1.82) is 5.26 Å². The molecule has 0 aliphatic rings. The predicted octanol–water partition coefficient (Wildman–Crippen LogP) is 1.20. The van der Waals surface area contributed by atoms with Crippen LogP contribution in [0.3, 0.4) is 0 Å². The minimum Gasteiger partial charge on any atom is -0.378 e. The molecule has 8 nitrogen and oxygen atoms in total. The van der Waals surface area contributed by atoms with E-state index in [-0.39, 0.29) is 11.3 Å². The molecule has 0 aliphatic carbocycles. The molecule has 0 saturated carbocycles. The van der Waals surface area contributed by atoms with Gasteiger partial charge in [-0.15, -0.1) is 0 Å². The van der Waals surface area contributed by atoms with E-state index in [0.717, 1.165) is 0 Å². The highest BCUT2D eigenvalue weighted by molar-refractivity contribution is 5.58. The van der Waals surface area contributed by atoms with Gasteiger partial charge in [0.15, 0.2) is 0 Å². The Kier molecular flexibility index (Phi) is 3.15. The predicted molar refractivity (Wildman–Crippen MR) is 61.5 cm³/mol. The Morgan fingerprint density at radius 3 is 3.00 bits per heavy atom. The summed E-state index contributed by atoms with van der Waals surface area (Å²) in [6.07, 6.45) is 1.38. The Morgan fingerprint density at radius 2 is 2.39 bits per heavy atom. The summed E-state index contributed by atoms with van der Waals surface area (Å²) in [5, 5.41) is 28.8. The number of aromatic amines is 1. The summed E-state index contributed by atoms with van der Waals surface area (Å²) < 4.78 is 0. The first-order valence-electron chi connectivity index (χ1n) is 4.97. The van der Waals surface area contributed by atoms with E-state index < -0.39 is 4.92 Å². The van der Waals surface area contributed by atoms with Crippen molar-refractivity contribution in [2.75, 3.05) is 5.32 Å². The highest BCUT2D eigenvalue weighted by Gasteiger charge is 2.13. The molecular formula is C10H8N6O2. The smallest absolute Gasteiger partial charge is 0.287 e. The molecule has 0 atom stereocenters. The van der Waals surface area contributed by atoms with Gasteiger partial charge in [-0.2, -0.15) is 10.4 Å². The largest absolute Gasteiger partial charge is 0.378 e. The number of aromatic nitrogens is 3. The van der Waals surface area contributed by atoms with Crippen LogP contribution in [0.4, 0.5) is 11.4 Å². The van der Waals surface area contributed by atoms with Gasteiger partial charge in [0.1, 0.15) is 23.8 Å². The molecule has 8 heteroatoms. The number of benzene rings is 1. The second kappa shape index (κ2) is 4.92. The second-order valence-electron chi connectivity index (χ2n) is 3.39. The van der Waals surface area contributed by atoms with Gasteiger partial charge in [0.2, 0.25) is 0 Å². The normalized spacial score (nSPS) is 9.72. The highest BCUT2D eigenvalue weighted by atomic mass is 16.6. The summed E-state index contributed by atoms with van der Waals surface area (Å²) in [5.74, 6) is 0.631. The van der Waals surface area contributed by atoms with Gasteiger partial charge in [0.25, 0.3) is 5.69 Å². The van der Waals surface area contributed by atoms with Crippen LogP contribution in [0.2, 0.25) is 0 Å². The summed E-state index contributed by atoms with van der Waals surface area (Å²) in [7, 11) is 0. The van der Waals surface area contributed by atoms with Gasteiger partial charge in [0, 0.05) is 11.8 Å². The number of nitrogens with zero attached hydrogens (tertiary/aromatic N) is 4. The van der Waals surface area contributed by atoms with Gasteiger partial charge in [-0.25, -0.2) is 4.98 Å². The van der Waals surface area contributed by atoms with Crippen LogP contribution in [-0.4, -0.2) is 20.1 Å². The lowest BCUT2D eigenvalue weighted by atomic mass is 10.2. The first-order chi connectivity index (χ1) is 8.70. The molecule has 1 aromatic carbocycles. The van der Waals surface area contributed by atoms with Gasteiger partial charge in [-0.1, -0.05) is 0 Å². The molecule has 1 heterocycles. The summed E-state index contributed by atoms with van der Waals surface area (Å²) in [6, 6.07) is 6.05. The van der Waals surface area contributed by atoms with Crippen LogP contribution < -0.4 is 5.32 Å². The van der Waals surface area contributed by atoms with Gasteiger partial charge >= 0.3 is 0 Å². The lowest BCUT2D eigenvalue weighted by molar-refractivity contribution is -0.385. The Bertz CT molecular complexity index is 601. The standard InChI is InChI=1S/C10H8N6O2/c11-4-7-3-8(1-2-9(7)16(17)18)12-5-10-13-6-14-15-10/h1-3,6,12H,5H2,(H,13,14,15). The molecule has 90 valence electrons. The summed E-state index contributed by atoms with van der Waals surface area (Å²) in [5.41, 5.74) is 0.416. The number of rotatable bonds is 4. The molecule has 0 fully saturated rings. The fourth-order valence-electron chi connectivity index (χ4n) is 1.40. The number of anilines is 1. The number of nitrogens with one attached hydrogen (secondary N) is 2. The average Bonchev–Trinajstić information content (AvgIpc) is 2.88. The Balaban J connectivity index is 2.15. The molecule has 2 N–H and O–H groups in total. The van der Waals surface area contributed by atoms with Gasteiger partial charge in [-0.05, 0) is 12.1 Å². The number of nitro benzene ring substituents is 1. The van der Waals surface area contributed by atoms with E-state index in [4.69, 9.17) is 5.26 Å². The van der Waals surface area contributed by atoms with Gasteiger partial charge in [0.05, 0.1) is 11.5 Å². The van der Waals surface area contributed by atoms with Crippen molar-refractivity contribution in [3.63, 3.8) is 0 Å². The van der Waals surface area contributed by atoms with Crippen LogP contribution in [0, 0.1) is 21.4 Å². The van der Waals surface area contributed by atoms with Crippen molar-refractivity contribution >= 4 is 11.4 Å². The van der Waals surface area contributed by atoms with Crippen LogP contribution in [0.25, 0.3) is 0 Å². The lowest BCUT2D eigenvalue weighted by Crippen LogP contribution is -2.02. The molecule has 0 spiro atoms. The number of H-pyrrole nitrogens is 1. The quantitative estimate of drug-likeness (QED) is 0.615. The molecule has 2 rings (SSSR count). The van der Waals surface area contributed by atoms with E-state index in [9.17, 15) is 10.1 Å². The molecule has 0 saturated heterocycles. The van der Waals surface area contributed by atoms with Crippen molar-refractivity contribution in [1.82, 2.24) is 15.2 Å². The Morgan fingerprint density at radius 1 is 1.56 bits per heavy atom. The number of nitriles is 1. The van der Waals surface area contributed by atoms with E-state index in [1.165, 1.54) is 24.5 Å². The van der Waals surface area contributed by atoms with Crippen molar-refractivity contribution in [3.05, 3.63) is 46.0 Å². The third kappa shape index (κ3) is 2.41. The monoisotopic (exact) mass is 244 g/mol. The fourth-order valence-corrected chi connectivity index (χ4v) is 1.40. The number of nitro groups is 1. The van der Waals surface area contributed by atoms with Crippen LogP contribution >= 0.6 is 0 Å². The molecule has 0 unspecified atom stereocenters. The number of hydrogen-bond acceptors (Lipinski definition) is 6. The van der Waals surface area contributed by atoms with E-state index in [1.54, 1.807) is 6.07 Å². The fraction of sp³-hybridized carbons (Fsp3) is 0.100. The molecular weight excluding hydrogens is 236 g/mol. The molecule has 1 aromatic heterocycles. The highest BCUT2D eigenvalue weighted by Crippen LogP contribution is 2.21. The van der Waals surface area contributed by atoms with Crippen LogP contribution in [0.15, 0.2) is 24.5 Å². The Labute approximate surface area is 101 Å².